The lowest BCUT2D eigenvalue weighted by molar-refractivity contribution is 0.0535. The van der Waals surface area contributed by atoms with Crippen molar-refractivity contribution in [3.63, 3.8) is 0 Å². The Morgan fingerprint density at radius 1 is 0.781 bits per heavy atom. The number of benzene rings is 2. The Bertz CT molecular complexity index is 1080. The Hall–Kier alpha value is -3.48. The molecule has 2 aliphatic heterocycles. The number of fused-ring (bicyclic) bond motifs is 1. The van der Waals surface area contributed by atoms with E-state index in [-0.39, 0.29) is 35.1 Å². The van der Waals surface area contributed by atoms with Gasteiger partial charge in [0.05, 0.1) is 11.1 Å². The van der Waals surface area contributed by atoms with Crippen molar-refractivity contribution < 1.29 is 19.2 Å². The molecule has 0 saturated carbocycles. The minimum absolute atomic E-state index is 0.0380. The largest absolute Gasteiger partial charge is 0.335 e. The van der Waals surface area contributed by atoms with Crippen molar-refractivity contribution in [2.75, 3.05) is 32.7 Å². The Morgan fingerprint density at radius 2 is 1.28 bits per heavy atom. The Labute approximate surface area is 187 Å². The highest BCUT2D eigenvalue weighted by Crippen LogP contribution is 2.25. The molecule has 4 rings (SSSR count). The summed E-state index contributed by atoms with van der Waals surface area (Å²) in [7, 11) is 0. The zero-order valence-corrected chi connectivity index (χ0v) is 18.6. The Morgan fingerprint density at radius 3 is 1.84 bits per heavy atom. The van der Waals surface area contributed by atoms with E-state index in [9.17, 15) is 19.2 Å². The molecule has 2 aromatic carbocycles. The molecule has 0 aromatic heterocycles. The van der Waals surface area contributed by atoms with E-state index in [2.05, 4.69) is 0 Å². The van der Waals surface area contributed by atoms with Crippen molar-refractivity contribution >= 4 is 23.6 Å². The maximum atomic E-state index is 13.0. The first-order chi connectivity index (χ1) is 15.3. The van der Waals surface area contributed by atoms with E-state index in [0.717, 1.165) is 5.56 Å². The summed E-state index contributed by atoms with van der Waals surface area (Å²) in [5.41, 5.74) is 2.76. The lowest BCUT2D eigenvalue weighted by Gasteiger charge is -2.35. The maximum absolute atomic E-state index is 13.0. The van der Waals surface area contributed by atoms with Crippen LogP contribution in [0.15, 0.2) is 42.5 Å². The van der Waals surface area contributed by atoms with Crippen molar-refractivity contribution in [1.82, 2.24) is 14.7 Å². The van der Waals surface area contributed by atoms with E-state index >= 15 is 0 Å². The van der Waals surface area contributed by atoms with Gasteiger partial charge in [-0.15, -0.1) is 0 Å². The van der Waals surface area contributed by atoms with Crippen LogP contribution in [0.2, 0.25) is 0 Å². The molecular weight excluding hydrogens is 406 g/mol. The second-order valence-electron chi connectivity index (χ2n) is 8.83. The third-order valence-corrected chi connectivity index (χ3v) is 5.92. The molecule has 7 heteroatoms. The number of piperazine rings is 1. The summed E-state index contributed by atoms with van der Waals surface area (Å²) in [6.45, 7) is 7.95. The fourth-order valence-corrected chi connectivity index (χ4v) is 4.13. The number of carbonyl (C=O) groups excluding carboxylic acids is 4. The van der Waals surface area contributed by atoms with Crippen molar-refractivity contribution in [1.29, 1.82) is 0 Å². The standard InChI is InChI=1S/C25H27N3O4/c1-16(2)15-28-24(31)20-9-8-19(14-21(20)25(28)32)23(30)27-12-10-26(11-13-27)22(29)18-6-4-17(3)5-7-18/h4-9,14,16H,10-13,15H2,1-3H3. The van der Waals surface area contributed by atoms with Crippen LogP contribution < -0.4 is 0 Å². The van der Waals surface area contributed by atoms with Crippen molar-refractivity contribution in [2.45, 2.75) is 20.8 Å². The van der Waals surface area contributed by atoms with E-state index in [1.54, 1.807) is 21.9 Å². The molecule has 166 valence electrons. The van der Waals surface area contributed by atoms with Crippen LogP contribution in [0.3, 0.4) is 0 Å². The Kier molecular flexibility index (Phi) is 5.82. The van der Waals surface area contributed by atoms with Crippen LogP contribution in [0.4, 0.5) is 0 Å². The molecule has 0 unspecified atom stereocenters. The van der Waals surface area contributed by atoms with Gasteiger partial charge >= 0.3 is 0 Å². The lowest BCUT2D eigenvalue weighted by Crippen LogP contribution is -2.50. The fraction of sp³-hybridized carbons (Fsp3) is 0.360. The predicted molar refractivity (Wildman–Crippen MR) is 120 cm³/mol. The second kappa shape index (κ2) is 8.57. The second-order valence-corrected chi connectivity index (χ2v) is 8.83. The van der Waals surface area contributed by atoms with E-state index in [1.807, 2.05) is 45.0 Å². The minimum Gasteiger partial charge on any atom is -0.335 e. The van der Waals surface area contributed by atoms with Crippen LogP contribution in [0, 0.1) is 12.8 Å². The summed E-state index contributed by atoms with van der Waals surface area (Å²) >= 11 is 0. The molecule has 2 aromatic rings. The number of imide groups is 1. The van der Waals surface area contributed by atoms with Crippen LogP contribution in [-0.2, 0) is 0 Å². The summed E-state index contributed by atoms with van der Waals surface area (Å²) in [4.78, 5) is 55.7. The molecule has 0 radical (unpaired) electrons. The molecular formula is C25H27N3O4. The quantitative estimate of drug-likeness (QED) is 0.695. The molecule has 0 N–H and O–H groups in total. The first kappa shape index (κ1) is 21.7. The van der Waals surface area contributed by atoms with Gasteiger partial charge in [-0.3, -0.25) is 24.1 Å². The van der Waals surface area contributed by atoms with Crippen LogP contribution in [0.25, 0.3) is 0 Å². The van der Waals surface area contributed by atoms with Crippen LogP contribution in [0.5, 0.6) is 0 Å². The van der Waals surface area contributed by atoms with Crippen molar-refractivity contribution in [3.05, 3.63) is 70.3 Å². The molecule has 1 fully saturated rings. The zero-order chi connectivity index (χ0) is 23.0. The van der Waals surface area contributed by atoms with E-state index < -0.39 is 0 Å². The normalized spacial score (nSPS) is 16.1. The number of carbonyl (C=O) groups is 4. The Balaban J connectivity index is 1.43. The van der Waals surface area contributed by atoms with Gasteiger partial charge in [0.25, 0.3) is 23.6 Å². The first-order valence-corrected chi connectivity index (χ1v) is 10.9. The molecule has 7 nitrogen and oxygen atoms in total. The average molecular weight is 434 g/mol. The minimum atomic E-state index is -0.345. The summed E-state index contributed by atoms with van der Waals surface area (Å²) < 4.78 is 0. The number of amides is 4. The summed E-state index contributed by atoms with van der Waals surface area (Å²) in [6, 6.07) is 12.2. The van der Waals surface area contributed by atoms with Crippen LogP contribution >= 0.6 is 0 Å². The van der Waals surface area contributed by atoms with Crippen molar-refractivity contribution in [3.8, 4) is 0 Å². The van der Waals surface area contributed by atoms with Gasteiger partial charge in [0.15, 0.2) is 0 Å². The fourth-order valence-electron chi connectivity index (χ4n) is 4.13. The van der Waals surface area contributed by atoms with Crippen molar-refractivity contribution in [2.24, 2.45) is 5.92 Å². The topological polar surface area (TPSA) is 78.0 Å². The molecule has 32 heavy (non-hydrogen) atoms. The highest BCUT2D eigenvalue weighted by Gasteiger charge is 2.36. The van der Waals surface area contributed by atoms with E-state index in [1.165, 1.54) is 11.0 Å². The molecule has 0 bridgehead atoms. The SMILES string of the molecule is Cc1ccc(C(=O)N2CCN(C(=O)c3ccc4c(c3)C(=O)N(CC(C)C)C4=O)CC2)cc1. The average Bonchev–Trinajstić information content (AvgIpc) is 3.02. The third-order valence-electron chi connectivity index (χ3n) is 5.92. The van der Waals surface area contributed by atoms with Gasteiger partial charge in [-0.1, -0.05) is 31.5 Å². The molecule has 0 aliphatic carbocycles. The van der Waals surface area contributed by atoms with E-state index in [4.69, 9.17) is 0 Å². The number of nitrogens with zero attached hydrogens (tertiary/aromatic N) is 3. The maximum Gasteiger partial charge on any atom is 0.261 e. The van der Waals surface area contributed by atoms with E-state index in [0.29, 0.717) is 49.4 Å². The van der Waals surface area contributed by atoms with Crippen LogP contribution in [-0.4, -0.2) is 71.1 Å². The van der Waals surface area contributed by atoms with Gasteiger partial charge in [-0.2, -0.15) is 0 Å². The number of rotatable bonds is 4. The highest BCUT2D eigenvalue weighted by atomic mass is 16.2. The summed E-state index contributed by atoms with van der Waals surface area (Å²) in [5.74, 6) is -0.721. The molecule has 0 spiro atoms. The van der Waals surface area contributed by atoms with Gasteiger partial charge in [0.1, 0.15) is 0 Å². The number of hydrogen-bond acceptors (Lipinski definition) is 4. The molecule has 2 heterocycles. The molecule has 1 saturated heterocycles. The lowest BCUT2D eigenvalue weighted by atomic mass is 10.0. The third kappa shape index (κ3) is 4.02. The van der Waals surface area contributed by atoms with Gasteiger partial charge in [-0.05, 0) is 43.2 Å². The number of hydrogen-bond donors (Lipinski definition) is 0. The smallest absolute Gasteiger partial charge is 0.261 e. The predicted octanol–water partition coefficient (Wildman–Crippen LogP) is 2.85. The van der Waals surface area contributed by atoms with Gasteiger partial charge in [0, 0.05) is 43.9 Å². The monoisotopic (exact) mass is 433 g/mol. The zero-order valence-electron chi connectivity index (χ0n) is 18.6. The number of aryl methyl sites for hydroxylation is 1. The molecule has 0 atom stereocenters. The molecule has 4 amide bonds. The van der Waals surface area contributed by atoms with Gasteiger partial charge in [-0.25, -0.2) is 0 Å². The molecule has 2 aliphatic rings. The summed E-state index contributed by atoms with van der Waals surface area (Å²) in [6.07, 6.45) is 0. The first-order valence-electron chi connectivity index (χ1n) is 10.9. The van der Waals surface area contributed by atoms with Crippen LogP contribution in [0.1, 0.15) is 60.8 Å². The summed E-state index contributed by atoms with van der Waals surface area (Å²) in [5, 5.41) is 0. The highest BCUT2D eigenvalue weighted by molar-refractivity contribution is 6.22. The van der Waals surface area contributed by atoms with Gasteiger partial charge in [0.2, 0.25) is 0 Å². The van der Waals surface area contributed by atoms with Gasteiger partial charge < -0.3 is 9.80 Å².